The Bertz CT molecular complexity index is 580. The molecule has 0 spiro atoms. The van der Waals surface area contributed by atoms with Crippen molar-refractivity contribution in [1.82, 2.24) is 5.32 Å². The first-order chi connectivity index (χ1) is 9.63. The quantitative estimate of drug-likeness (QED) is 0.865. The number of nitrogens with one attached hydrogen (secondary N) is 1. The van der Waals surface area contributed by atoms with Crippen molar-refractivity contribution >= 4 is 17.2 Å². The zero-order valence-electron chi connectivity index (χ0n) is 11.7. The molecule has 2 rings (SSSR count). The minimum absolute atomic E-state index is 0.0487. The highest BCUT2D eigenvalue weighted by Crippen LogP contribution is 2.24. The maximum Gasteiger partial charge on any atom is 0.254 e. The Morgan fingerprint density at radius 1 is 1.35 bits per heavy atom. The van der Waals surface area contributed by atoms with E-state index in [4.69, 9.17) is 0 Å². The molecular formula is C16H18FNOS. The summed E-state index contributed by atoms with van der Waals surface area (Å²) in [5.41, 5.74) is 0.600. The van der Waals surface area contributed by atoms with Gasteiger partial charge in [0.1, 0.15) is 5.82 Å². The predicted octanol–water partition coefficient (Wildman–Crippen LogP) is 4.47. The van der Waals surface area contributed by atoms with Crippen LogP contribution in [0.2, 0.25) is 0 Å². The summed E-state index contributed by atoms with van der Waals surface area (Å²) in [6.07, 6.45) is 1.80. The first-order valence-electron chi connectivity index (χ1n) is 6.72. The minimum atomic E-state index is -0.438. The van der Waals surface area contributed by atoms with Gasteiger partial charge < -0.3 is 5.32 Å². The Labute approximate surface area is 122 Å². The van der Waals surface area contributed by atoms with E-state index in [0.29, 0.717) is 5.56 Å². The fourth-order valence-corrected chi connectivity index (χ4v) is 2.94. The summed E-state index contributed by atoms with van der Waals surface area (Å²) >= 11 is 1.61. The van der Waals surface area contributed by atoms with E-state index in [2.05, 4.69) is 12.2 Å². The minimum Gasteiger partial charge on any atom is -0.344 e. The van der Waals surface area contributed by atoms with E-state index < -0.39 is 5.82 Å². The van der Waals surface area contributed by atoms with Gasteiger partial charge in [0.05, 0.1) is 11.6 Å². The second-order valence-electron chi connectivity index (χ2n) is 4.77. The van der Waals surface area contributed by atoms with E-state index in [1.54, 1.807) is 30.4 Å². The molecule has 0 bridgehead atoms. The summed E-state index contributed by atoms with van der Waals surface area (Å²) in [5, 5.41) is 4.92. The molecule has 1 aromatic carbocycles. The van der Waals surface area contributed by atoms with Crippen LogP contribution in [0.5, 0.6) is 0 Å². The van der Waals surface area contributed by atoms with Crippen molar-refractivity contribution < 1.29 is 9.18 Å². The van der Waals surface area contributed by atoms with E-state index in [1.807, 2.05) is 17.5 Å². The first kappa shape index (κ1) is 14.7. The largest absolute Gasteiger partial charge is 0.344 e. The van der Waals surface area contributed by atoms with Crippen LogP contribution in [0.4, 0.5) is 4.39 Å². The van der Waals surface area contributed by atoms with Crippen molar-refractivity contribution in [2.45, 2.75) is 32.7 Å². The van der Waals surface area contributed by atoms with Crippen molar-refractivity contribution in [2.24, 2.45) is 0 Å². The summed E-state index contributed by atoms with van der Waals surface area (Å²) in [4.78, 5) is 13.4. The van der Waals surface area contributed by atoms with Crippen LogP contribution in [0.3, 0.4) is 0 Å². The van der Waals surface area contributed by atoms with E-state index in [1.165, 1.54) is 6.07 Å². The molecule has 1 N–H and O–H groups in total. The highest BCUT2D eigenvalue weighted by Gasteiger charge is 2.18. The third-order valence-electron chi connectivity index (χ3n) is 3.21. The van der Waals surface area contributed by atoms with Crippen LogP contribution in [-0.4, -0.2) is 5.91 Å². The van der Waals surface area contributed by atoms with E-state index in [0.717, 1.165) is 17.7 Å². The molecule has 0 fully saturated rings. The number of thiophene rings is 1. The third-order valence-corrected chi connectivity index (χ3v) is 4.19. The van der Waals surface area contributed by atoms with Crippen LogP contribution < -0.4 is 5.32 Å². The number of hydrogen-bond donors (Lipinski definition) is 1. The Hall–Kier alpha value is -1.68. The number of hydrogen-bond acceptors (Lipinski definition) is 2. The smallest absolute Gasteiger partial charge is 0.254 e. The summed E-state index contributed by atoms with van der Waals surface area (Å²) in [7, 11) is 0. The average molecular weight is 291 g/mol. The molecule has 20 heavy (non-hydrogen) atoms. The normalized spacial score (nSPS) is 12.2. The molecule has 1 aromatic heterocycles. The van der Waals surface area contributed by atoms with Gasteiger partial charge in [-0.3, -0.25) is 4.79 Å². The van der Waals surface area contributed by atoms with E-state index >= 15 is 0 Å². The summed E-state index contributed by atoms with van der Waals surface area (Å²) in [6, 6.07) is 8.80. The van der Waals surface area contributed by atoms with Crippen molar-refractivity contribution in [3.8, 4) is 0 Å². The van der Waals surface area contributed by atoms with Crippen molar-refractivity contribution in [2.75, 3.05) is 0 Å². The van der Waals surface area contributed by atoms with Gasteiger partial charge >= 0.3 is 0 Å². The molecule has 0 aliphatic heterocycles. The lowest BCUT2D eigenvalue weighted by Crippen LogP contribution is -2.28. The monoisotopic (exact) mass is 291 g/mol. The highest BCUT2D eigenvalue weighted by atomic mass is 32.1. The number of carbonyl (C=O) groups is 1. The zero-order chi connectivity index (χ0) is 14.5. The third kappa shape index (κ3) is 3.25. The molecule has 4 heteroatoms. The van der Waals surface area contributed by atoms with E-state index in [9.17, 15) is 9.18 Å². The summed E-state index contributed by atoms with van der Waals surface area (Å²) in [6.45, 7) is 3.73. The maximum absolute atomic E-state index is 14.0. The van der Waals surface area contributed by atoms with Gasteiger partial charge in [-0.05, 0) is 36.4 Å². The lowest BCUT2D eigenvalue weighted by atomic mass is 10.1. The van der Waals surface area contributed by atoms with Crippen LogP contribution in [0.25, 0.3) is 0 Å². The Kier molecular flexibility index (Phi) is 4.90. The molecule has 2 nitrogen and oxygen atoms in total. The highest BCUT2D eigenvalue weighted by molar-refractivity contribution is 7.10. The number of halogens is 1. The number of amides is 1. The maximum atomic E-state index is 14.0. The van der Waals surface area contributed by atoms with Gasteiger partial charge in [-0.1, -0.05) is 31.5 Å². The molecule has 1 heterocycles. The van der Waals surface area contributed by atoms with Gasteiger partial charge in [0, 0.05) is 4.88 Å². The number of carbonyl (C=O) groups excluding carboxylic acids is 1. The van der Waals surface area contributed by atoms with Gasteiger partial charge in [0.15, 0.2) is 0 Å². The van der Waals surface area contributed by atoms with Gasteiger partial charge in [-0.15, -0.1) is 11.3 Å². The van der Waals surface area contributed by atoms with Crippen LogP contribution >= 0.6 is 11.3 Å². The lowest BCUT2D eigenvalue weighted by molar-refractivity contribution is 0.0931. The number of rotatable bonds is 5. The molecule has 0 radical (unpaired) electrons. The molecule has 1 atom stereocenters. The first-order valence-corrected chi connectivity index (χ1v) is 7.60. The standard InChI is InChI=1S/C16H18FNOS/c1-3-6-13(14-9-5-10-20-14)18-16(19)12-8-4-7-11(2)15(12)17/h4-5,7-10,13H,3,6H2,1-2H3,(H,18,19). The second-order valence-corrected chi connectivity index (χ2v) is 5.75. The average Bonchev–Trinajstić information content (AvgIpc) is 2.95. The molecule has 0 saturated heterocycles. The number of aryl methyl sites for hydroxylation is 1. The topological polar surface area (TPSA) is 29.1 Å². The van der Waals surface area contributed by atoms with Gasteiger partial charge in [-0.25, -0.2) is 4.39 Å². The van der Waals surface area contributed by atoms with Crippen molar-refractivity contribution in [3.63, 3.8) is 0 Å². The second kappa shape index (κ2) is 6.66. The molecule has 1 unspecified atom stereocenters. The predicted molar refractivity (Wildman–Crippen MR) is 80.6 cm³/mol. The summed E-state index contributed by atoms with van der Waals surface area (Å²) < 4.78 is 14.0. The SMILES string of the molecule is CCCC(NC(=O)c1cccc(C)c1F)c1cccs1. The molecule has 0 aliphatic rings. The van der Waals surface area contributed by atoms with Crippen molar-refractivity contribution in [3.05, 3.63) is 57.5 Å². The molecular weight excluding hydrogens is 273 g/mol. The molecule has 106 valence electrons. The summed E-state index contributed by atoms with van der Waals surface area (Å²) in [5.74, 6) is -0.788. The Morgan fingerprint density at radius 2 is 2.15 bits per heavy atom. The fraction of sp³-hybridized carbons (Fsp3) is 0.312. The fourth-order valence-electron chi connectivity index (χ4n) is 2.12. The van der Waals surface area contributed by atoms with Crippen LogP contribution in [0.1, 0.15) is 46.6 Å². The van der Waals surface area contributed by atoms with Gasteiger partial charge in [0.25, 0.3) is 5.91 Å². The van der Waals surface area contributed by atoms with Crippen LogP contribution in [-0.2, 0) is 0 Å². The lowest BCUT2D eigenvalue weighted by Gasteiger charge is -2.17. The van der Waals surface area contributed by atoms with Gasteiger partial charge in [-0.2, -0.15) is 0 Å². The van der Waals surface area contributed by atoms with Gasteiger partial charge in [0.2, 0.25) is 0 Å². The van der Waals surface area contributed by atoms with Crippen LogP contribution in [0, 0.1) is 12.7 Å². The Balaban J connectivity index is 2.18. The zero-order valence-corrected chi connectivity index (χ0v) is 12.5. The molecule has 0 aliphatic carbocycles. The van der Waals surface area contributed by atoms with Crippen molar-refractivity contribution in [1.29, 1.82) is 0 Å². The van der Waals surface area contributed by atoms with E-state index in [-0.39, 0.29) is 17.5 Å². The Morgan fingerprint density at radius 3 is 2.80 bits per heavy atom. The van der Waals surface area contributed by atoms with Crippen LogP contribution in [0.15, 0.2) is 35.7 Å². The number of benzene rings is 1. The molecule has 0 saturated carbocycles. The molecule has 2 aromatic rings. The molecule has 1 amide bonds.